The van der Waals surface area contributed by atoms with E-state index in [0.717, 1.165) is 25.7 Å². The van der Waals surface area contributed by atoms with Crippen LogP contribution >= 0.6 is 0 Å². The number of esters is 1. The normalized spacial score (nSPS) is 16.5. The van der Waals surface area contributed by atoms with E-state index in [4.69, 9.17) is 9.15 Å². The third-order valence-corrected chi connectivity index (χ3v) is 4.63. The van der Waals surface area contributed by atoms with E-state index < -0.39 is 17.9 Å². The minimum Gasteiger partial charge on any atom is -0.449 e. The fourth-order valence-electron chi connectivity index (χ4n) is 3.20. The number of carbonyl (C=O) groups excluding carboxylic acids is 2. The Morgan fingerprint density at radius 2 is 1.88 bits per heavy atom. The number of halogens is 1. The summed E-state index contributed by atoms with van der Waals surface area (Å²) in [6.07, 6.45) is 3.30. The maximum Gasteiger partial charge on any atom is 0.375 e. The first kappa shape index (κ1) is 17.5. The van der Waals surface area contributed by atoms with Crippen LogP contribution in [0.4, 0.5) is 4.39 Å². The zero-order valence-corrected chi connectivity index (χ0v) is 14.5. The number of carbonyl (C=O) groups is 2. The van der Waals surface area contributed by atoms with Crippen LogP contribution in [0.3, 0.4) is 0 Å². The maximum absolute atomic E-state index is 13.4. The SMILES string of the molecule is Cc1c(C(=O)O[C@H](C)C(=O)N2CCCCCC2)oc2ccc(F)cc12. The molecule has 0 saturated carbocycles. The molecule has 0 radical (unpaired) electrons. The molecule has 2 heterocycles. The van der Waals surface area contributed by atoms with Gasteiger partial charge in [0.1, 0.15) is 11.4 Å². The number of amides is 1. The molecular weight excluding hydrogens is 325 g/mol. The molecule has 0 aliphatic carbocycles. The van der Waals surface area contributed by atoms with E-state index in [1.165, 1.54) is 18.2 Å². The van der Waals surface area contributed by atoms with Gasteiger partial charge in [-0.1, -0.05) is 12.8 Å². The van der Waals surface area contributed by atoms with Crippen LogP contribution in [0.1, 0.15) is 48.7 Å². The molecule has 0 N–H and O–H groups in total. The van der Waals surface area contributed by atoms with Crippen LogP contribution in [0.5, 0.6) is 0 Å². The molecule has 25 heavy (non-hydrogen) atoms. The second-order valence-corrected chi connectivity index (χ2v) is 6.48. The van der Waals surface area contributed by atoms with E-state index in [1.54, 1.807) is 18.7 Å². The number of hydrogen-bond acceptors (Lipinski definition) is 4. The molecule has 134 valence electrons. The molecule has 0 bridgehead atoms. The van der Waals surface area contributed by atoms with Gasteiger partial charge < -0.3 is 14.1 Å². The predicted octanol–water partition coefficient (Wildman–Crippen LogP) is 3.83. The van der Waals surface area contributed by atoms with Crippen molar-refractivity contribution in [3.05, 3.63) is 35.3 Å². The number of furan rings is 1. The second kappa shape index (κ2) is 7.25. The lowest BCUT2D eigenvalue weighted by Gasteiger charge is -2.23. The molecule has 0 spiro atoms. The summed E-state index contributed by atoms with van der Waals surface area (Å²) in [5.74, 6) is -1.28. The number of ether oxygens (including phenoxy) is 1. The van der Waals surface area contributed by atoms with Crippen LogP contribution in [-0.2, 0) is 9.53 Å². The summed E-state index contributed by atoms with van der Waals surface area (Å²) in [4.78, 5) is 26.6. The summed E-state index contributed by atoms with van der Waals surface area (Å²) >= 11 is 0. The zero-order chi connectivity index (χ0) is 18.0. The standard InChI is InChI=1S/C19H22FNO4/c1-12-15-11-14(20)7-8-16(15)25-17(12)19(23)24-13(2)18(22)21-9-5-3-4-6-10-21/h7-8,11,13H,3-6,9-10H2,1-2H3/t13-/m1/s1. The molecule has 1 amide bonds. The number of aryl methyl sites for hydroxylation is 1. The van der Waals surface area contributed by atoms with Gasteiger partial charge in [-0.2, -0.15) is 0 Å². The van der Waals surface area contributed by atoms with Crippen molar-refractivity contribution in [1.82, 2.24) is 4.90 Å². The lowest BCUT2D eigenvalue weighted by molar-refractivity contribution is -0.139. The van der Waals surface area contributed by atoms with Crippen LogP contribution in [0.2, 0.25) is 0 Å². The first-order valence-corrected chi connectivity index (χ1v) is 8.66. The Hall–Kier alpha value is -2.37. The van der Waals surface area contributed by atoms with Crippen molar-refractivity contribution in [2.45, 2.75) is 45.6 Å². The molecule has 6 heteroatoms. The molecule has 1 aliphatic rings. The molecule has 2 aromatic rings. The van der Waals surface area contributed by atoms with Gasteiger partial charge in [0.2, 0.25) is 5.76 Å². The molecule has 1 aliphatic heterocycles. The molecule has 3 rings (SSSR count). The quantitative estimate of drug-likeness (QED) is 0.792. The van der Waals surface area contributed by atoms with Gasteiger partial charge in [0.15, 0.2) is 6.10 Å². The second-order valence-electron chi connectivity index (χ2n) is 6.48. The van der Waals surface area contributed by atoms with Crippen LogP contribution in [0.15, 0.2) is 22.6 Å². The number of benzene rings is 1. The Kier molecular flexibility index (Phi) is 5.06. The average Bonchev–Trinajstić information content (AvgIpc) is 2.78. The summed E-state index contributed by atoms with van der Waals surface area (Å²) in [5, 5.41) is 0.526. The lowest BCUT2D eigenvalue weighted by atomic mass is 10.1. The highest BCUT2D eigenvalue weighted by Crippen LogP contribution is 2.27. The van der Waals surface area contributed by atoms with Crippen LogP contribution < -0.4 is 0 Å². The molecule has 1 fully saturated rings. The van der Waals surface area contributed by atoms with Crippen molar-refractivity contribution < 1.29 is 23.1 Å². The zero-order valence-electron chi connectivity index (χ0n) is 14.5. The number of hydrogen-bond donors (Lipinski definition) is 0. The molecule has 1 aromatic heterocycles. The van der Waals surface area contributed by atoms with Gasteiger partial charge in [-0.15, -0.1) is 0 Å². The van der Waals surface area contributed by atoms with Crippen LogP contribution in [-0.4, -0.2) is 36.0 Å². The highest BCUT2D eigenvalue weighted by molar-refractivity contribution is 5.97. The molecule has 5 nitrogen and oxygen atoms in total. The van der Waals surface area contributed by atoms with E-state index in [2.05, 4.69) is 0 Å². The highest BCUT2D eigenvalue weighted by atomic mass is 19.1. The van der Waals surface area contributed by atoms with Gasteiger partial charge in [0.05, 0.1) is 0 Å². The molecular formula is C19H22FNO4. The summed E-state index contributed by atoms with van der Waals surface area (Å²) in [6, 6.07) is 4.06. The molecule has 0 unspecified atom stereocenters. The monoisotopic (exact) mass is 347 g/mol. The van der Waals surface area contributed by atoms with E-state index in [1.807, 2.05) is 0 Å². The van der Waals surface area contributed by atoms with Crippen molar-refractivity contribution in [3.63, 3.8) is 0 Å². The molecule has 1 saturated heterocycles. The number of nitrogens with zero attached hydrogens (tertiary/aromatic N) is 1. The first-order chi connectivity index (χ1) is 12.0. The molecule has 1 atom stereocenters. The van der Waals surface area contributed by atoms with Crippen molar-refractivity contribution in [2.75, 3.05) is 13.1 Å². The fraction of sp³-hybridized carbons (Fsp3) is 0.474. The Morgan fingerprint density at radius 1 is 1.20 bits per heavy atom. The minimum atomic E-state index is -0.880. The van der Waals surface area contributed by atoms with Crippen molar-refractivity contribution in [3.8, 4) is 0 Å². The third kappa shape index (κ3) is 3.67. The van der Waals surface area contributed by atoms with E-state index >= 15 is 0 Å². The van der Waals surface area contributed by atoms with Crippen LogP contribution in [0.25, 0.3) is 11.0 Å². The Balaban J connectivity index is 1.73. The van der Waals surface area contributed by atoms with Gasteiger partial charge >= 0.3 is 5.97 Å². The van der Waals surface area contributed by atoms with Crippen LogP contribution in [0, 0.1) is 12.7 Å². The third-order valence-electron chi connectivity index (χ3n) is 4.63. The summed E-state index contributed by atoms with van der Waals surface area (Å²) in [6.45, 7) is 4.64. The van der Waals surface area contributed by atoms with E-state index in [-0.39, 0.29) is 11.7 Å². The van der Waals surface area contributed by atoms with E-state index in [9.17, 15) is 14.0 Å². The van der Waals surface area contributed by atoms with Crippen molar-refractivity contribution in [1.29, 1.82) is 0 Å². The summed E-state index contributed by atoms with van der Waals surface area (Å²) < 4.78 is 24.2. The lowest BCUT2D eigenvalue weighted by Crippen LogP contribution is -2.40. The molecule has 1 aromatic carbocycles. The highest BCUT2D eigenvalue weighted by Gasteiger charge is 2.27. The number of likely N-dealkylation sites (tertiary alicyclic amines) is 1. The van der Waals surface area contributed by atoms with Gasteiger partial charge in [-0.05, 0) is 44.9 Å². The van der Waals surface area contributed by atoms with Gasteiger partial charge in [0.25, 0.3) is 5.91 Å². The number of rotatable bonds is 3. The predicted molar refractivity (Wildman–Crippen MR) is 90.8 cm³/mol. The minimum absolute atomic E-state index is 0.0103. The maximum atomic E-state index is 13.4. The summed E-state index contributed by atoms with van der Waals surface area (Å²) in [7, 11) is 0. The van der Waals surface area contributed by atoms with Crippen molar-refractivity contribution >= 4 is 22.8 Å². The summed E-state index contributed by atoms with van der Waals surface area (Å²) in [5.41, 5.74) is 0.922. The topological polar surface area (TPSA) is 59.8 Å². The van der Waals surface area contributed by atoms with Gasteiger partial charge in [-0.3, -0.25) is 4.79 Å². The fourth-order valence-corrected chi connectivity index (χ4v) is 3.20. The first-order valence-electron chi connectivity index (χ1n) is 8.66. The van der Waals surface area contributed by atoms with Gasteiger partial charge in [-0.25, -0.2) is 9.18 Å². The Bertz CT molecular complexity index is 790. The number of fused-ring (bicyclic) bond motifs is 1. The Morgan fingerprint density at radius 3 is 2.56 bits per heavy atom. The smallest absolute Gasteiger partial charge is 0.375 e. The average molecular weight is 347 g/mol. The van der Waals surface area contributed by atoms with Crippen molar-refractivity contribution in [2.24, 2.45) is 0 Å². The Labute approximate surface area is 145 Å². The van der Waals surface area contributed by atoms with Gasteiger partial charge in [0, 0.05) is 24.0 Å². The van der Waals surface area contributed by atoms with E-state index in [0.29, 0.717) is 29.6 Å². The largest absolute Gasteiger partial charge is 0.449 e.